The molecule has 0 saturated heterocycles. The van der Waals surface area contributed by atoms with Gasteiger partial charge in [0.2, 0.25) is 0 Å². The molecule has 0 unspecified atom stereocenters. The molecule has 3 heterocycles. The third-order valence-corrected chi connectivity index (χ3v) is 3.51. The van der Waals surface area contributed by atoms with Crippen molar-refractivity contribution in [2.75, 3.05) is 5.73 Å². The molecule has 4 rings (SSSR count). The summed E-state index contributed by atoms with van der Waals surface area (Å²) in [5.41, 5.74) is 10.2. The fraction of sp³-hybridized carbons (Fsp3) is 0.0625. The minimum Gasteiger partial charge on any atom is -0.398 e. The molecule has 0 aliphatic rings. The van der Waals surface area contributed by atoms with E-state index in [0.717, 1.165) is 33.6 Å². The van der Waals surface area contributed by atoms with Crippen molar-refractivity contribution in [3.8, 4) is 11.4 Å². The van der Waals surface area contributed by atoms with Gasteiger partial charge in [0, 0.05) is 28.5 Å². The van der Waals surface area contributed by atoms with Gasteiger partial charge in [0.1, 0.15) is 0 Å². The number of nitrogens with zero attached hydrogens (tertiary/aromatic N) is 4. The number of hydrogen-bond acceptors (Lipinski definition) is 4. The molecule has 0 atom stereocenters. The van der Waals surface area contributed by atoms with Crippen molar-refractivity contribution in [3.05, 3.63) is 54.4 Å². The molecule has 0 aliphatic carbocycles. The van der Waals surface area contributed by atoms with Crippen LogP contribution in [0.1, 0.15) is 5.69 Å². The minimum atomic E-state index is 0.679. The molecule has 21 heavy (non-hydrogen) atoms. The number of nitrogen functional groups attached to an aromatic ring is 1. The molecule has 0 fully saturated rings. The van der Waals surface area contributed by atoms with Crippen LogP contribution in [0.4, 0.5) is 5.69 Å². The van der Waals surface area contributed by atoms with E-state index >= 15 is 0 Å². The van der Waals surface area contributed by atoms with Crippen molar-refractivity contribution < 1.29 is 0 Å². The van der Waals surface area contributed by atoms with Crippen LogP contribution in [0.2, 0.25) is 0 Å². The molecule has 4 aromatic rings. The van der Waals surface area contributed by atoms with Crippen LogP contribution in [-0.4, -0.2) is 19.6 Å². The van der Waals surface area contributed by atoms with Gasteiger partial charge in [-0.1, -0.05) is 18.2 Å². The summed E-state index contributed by atoms with van der Waals surface area (Å²) in [6.45, 7) is 1.98. The first-order chi connectivity index (χ1) is 10.2. The lowest BCUT2D eigenvalue weighted by atomic mass is 10.1. The highest BCUT2D eigenvalue weighted by Crippen LogP contribution is 2.27. The third kappa shape index (κ3) is 1.82. The zero-order valence-electron chi connectivity index (χ0n) is 11.5. The van der Waals surface area contributed by atoms with E-state index in [1.54, 1.807) is 0 Å². The Balaban J connectivity index is 2.11. The van der Waals surface area contributed by atoms with Gasteiger partial charge in [0.05, 0.1) is 5.52 Å². The van der Waals surface area contributed by atoms with Crippen molar-refractivity contribution in [1.82, 2.24) is 19.6 Å². The summed E-state index contributed by atoms with van der Waals surface area (Å²) in [6, 6.07) is 13.8. The Morgan fingerprint density at radius 2 is 1.90 bits per heavy atom. The second-order valence-corrected chi connectivity index (χ2v) is 5.04. The van der Waals surface area contributed by atoms with E-state index in [2.05, 4.69) is 15.2 Å². The Labute approximate surface area is 121 Å². The molecule has 102 valence electrons. The number of aromatic nitrogens is 4. The monoisotopic (exact) mass is 275 g/mol. The predicted molar refractivity (Wildman–Crippen MR) is 82.9 cm³/mol. The molecule has 0 aliphatic heterocycles. The van der Waals surface area contributed by atoms with Crippen molar-refractivity contribution in [3.63, 3.8) is 0 Å². The number of aryl methyl sites for hydroxylation is 1. The summed E-state index contributed by atoms with van der Waals surface area (Å²) in [7, 11) is 0. The molecule has 2 N–H and O–H groups in total. The fourth-order valence-electron chi connectivity index (χ4n) is 2.58. The lowest BCUT2D eigenvalue weighted by Gasteiger charge is -2.07. The van der Waals surface area contributed by atoms with Crippen LogP contribution in [0, 0.1) is 6.92 Å². The Bertz CT molecular complexity index is 971. The van der Waals surface area contributed by atoms with E-state index in [-0.39, 0.29) is 0 Å². The molecule has 0 bridgehead atoms. The number of rotatable bonds is 1. The van der Waals surface area contributed by atoms with Gasteiger partial charge in [-0.3, -0.25) is 9.38 Å². The number of fused-ring (bicyclic) bond motifs is 2. The Morgan fingerprint density at radius 3 is 2.81 bits per heavy atom. The maximum Gasteiger partial charge on any atom is 0.169 e. The van der Waals surface area contributed by atoms with Crippen LogP contribution in [0.15, 0.2) is 48.7 Å². The number of pyridine rings is 2. The molecular weight excluding hydrogens is 262 g/mol. The summed E-state index contributed by atoms with van der Waals surface area (Å²) in [4.78, 5) is 4.56. The van der Waals surface area contributed by atoms with Crippen LogP contribution < -0.4 is 5.73 Å². The summed E-state index contributed by atoms with van der Waals surface area (Å²) in [5, 5.41) is 9.59. The first-order valence-electron chi connectivity index (χ1n) is 6.69. The number of para-hydroxylation sites is 1. The van der Waals surface area contributed by atoms with Crippen LogP contribution in [-0.2, 0) is 0 Å². The van der Waals surface area contributed by atoms with Gasteiger partial charge in [-0.2, -0.15) is 0 Å². The maximum absolute atomic E-state index is 5.88. The maximum atomic E-state index is 5.88. The van der Waals surface area contributed by atoms with Crippen molar-refractivity contribution in [1.29, 1.82) is 0 Å². The lowest BCUT2D eigenvalue weighted by molar-refractivity contribution is 1.11. The van der Waals surface area contributed by atoms with E-state index < -0.39 is 0 Å². The second kappa shape index (κ2) is 4.28. The molecule has 0 saturated carbocycles. The molecule has 3 aromatic heterocycles. The first-order valence-corrected chi connectivity index (χ1v) is 6.69. The SMILES string of the molecule is Cc1cc(-c2nnc3ccc(N)cn23)c2ccccc2n1. The van der Waals surface area contributed by atoms with Gasteiger partial charge in [-0.05, 0) is 31.2 Å². The van der Waals surface area contributed by atoms with E-state index in [0.29, 0.717) is 5.69 Å². The van der Waals surface area contributed by atoms with Gasteiger partial charge in [0.25, 0.3) is 0 Å². The summed E-state index contributed by atoms with van der Waals surface area (Å²) in [6.07, 6.45) is 1.84. The molecular formula is C16H13N5. The highest BCUT2D eigenvalue weighted by atomic mass is 15.2. The normalized spacial score (nSPS) is 11.3. The highest BCUT2D eigenvalue weighted by molar-refractivity contribution is 5.93. The van der Waals surface area contributed by atoms with E-state index in [1.807, 2.05) is 60.0 Å². The predicted octanol–water partition coefficient (Wildman–Crippen LogP) is 2.84. The van der Waals surface area contributed by atoms with Crippen LogP contribution >= 0.6 is 0 Å². The second-order valence-electron chi connectivity index (χ2n) is 5.04. The fourth-order valence-corrected chi connectivity index (χ4v) is 2.58. The van der Waals surface area contributed by atoms with Crippen LogP contribution in [0.25, 0.3) is 27.9 Å². The van der Waals surface area contributed by atoms with E-state index in [4.69, 9.17) is 5.73 Å². The third-order valence-electron chi connectivity index (χ3n) is 3.51. The van der Waals surface area contributed by atoms with Gasteiger partial charge in [-0.25, -0.2) is 0 Å². The largest absolute Gasteiger partial charge is 0.398 e. The summed E-state index contributed by atoms with van der Waals surface area (Å²) in [5.74, 6) is 0.777. The molecule has 1 aromatic carbocycles. The summed E-state index contributed by atoms with van der Waals surface area (Å²) >= 11 is 0. The average molecular weight is 275 g/mol. The molecule has 0 radical (unpaired) electrons. The van der Waals surface area contributed by atoms with Crippen LogP contribution in [0.5, 0.6) is 0 Å². The number of benzene rings is 1. The van der Waals surface area contributed by atoms with Crippen molar-refractivity contribution in [2.24, 2.45) is 0 Å². The van der Waals surface area contributed by atoms with Gasteiger partial charge in [-0.15, -0.1) is 10.2 Å². The summed E-state index contributed by atoms with van der Waals surface area (Å²) < 4.78 is 1.91. The molecule has 5 heteroatoms. The number of hydrogen-bond donors (Lipinski definition) is 1. The molecule has 0 amide bonds. The zero-order chi connectivity index (χ0) is 14.4. The Morgan fingerprint density at radius 1 is 1.05 bits per heavy atom. The van der Waals surface area contributed by atoms with Crippen molar-refractivity contribution in [2.45, 2.75) is 6.92 Å². The van der Waals surface area contributed by atoms with Gasteiger partial charge in [0.15, 0.2) is 11.5 Å². The lowest BCUT2D eigenvalue weighted by Crippen LogP contribution is -1.95. The van der Waals surface area contributed by atoms with E-state index in [1.165, 1.54) is 0 Å². The number of anilines is 1. The molecule has 0 spiro atoms. The first kappa shape index (κ1) is 11.8. The topological polar surface area (TPSA) is 69.1 Å². The van der Waals surface area contributed by atoms with Crippen LogP contribution in [0.3, 0.4) is 0 Å². The van der Waals surface area contributed by atoms with E-state index in [9.17, 15) is 0 Å². The minimum absolute atomic E-state index is 0.679. The average Bonchev–Trinajstić information content (AvgIpc) is 2.89. The number of nitrogens with two attached hydrogens (primary N) is 1. The Kier molecular flexibility index (Phi) is 2.41. The highest BCUT2D eigenvalue weighted by Gasteiger charge is 2.12. The van der Waals surface area contributed by atoms with Gasteiger partial charge < -0.3 is 5.73 Å². The smallest absolute Gasteiger partial charge is 0.169 e. The quantitative estimate of drug-likeness (QED) is 0.580. The zero-order valence-corrected chi connectivity index (χ0v) is 11.5. The van der Waals surface area contributed by atoms with Crippen molar-refractivity contribution >= 4 is 22.2 Å². The molecule has 5 nitrogen and oxygen atoms in total. The standard InChI is InChI=1S/C16H13N5/c1-10-8-13(12-4-2-3-5-14(12)18-10)16-20-19-15-7-6-11(17)9-21(15)16/h2-9H,17H2,1H3. The van der Waals surface area contributed by atoms with Gasteiger partial charge >= 0.3 is 0 Å². The Hall–Kier alpha value is -2.95.